The van der Waals surface area contributed by atoms with Crippen molar-refractivity contribution < 1.29 is 19.4 Å². The number of aliphatic carboxylic acids is 1. The maximum atomic E-state index is 12.2. The van der Waals surface area contributed by atoms with E-state index in [2.05, 4.69) is 12.1 Å². The fourth-order valence-electron chi connectivity index (χ4n) is 3.31. The SMILES string of the molecule is NC(CC[C@H](N)C(=O)O)C(=O)OCC1c2ccccc2-c2ccccc21. The average Bonchev–Trinajstić information content (AvgIpc) is 2.97. The molecule has 6 nitrogen and oxygen atoms in total. The van der Waals surface area contributed by atoms with E-state index in [-0.39, 0.29) is 25.4 Å². The Balaban J connectivity index is 1.64. The minimum Gasteiger partial charge on any atom is -0.480 e. The second kappa shape index (κ2) is 7.68. The molecule has 6 heteroatoms. The quantitative estimate of drug-likeness (QED) is 0.654. The summed E-state index contributed by atoms with van der Waals surface area (Å²) in [6.45, 7) is 0.200. The van der Waals surface area contributed by atoms with Gasteiger partial charge in [0.15, 0.2) is 0 Å². The first-order valence-corrected chi connectivity index (χ1v) is 8.58. The van der Waals surface area contributed by atoms with E-state index in [0.717, 1.165) is 22.3 Å². The molecule has 0 saturated heterocycles. The van der Waals surface area contributed by atoms with Crippen molar-refractivity contribution in [1.82, 2.24) is 0 Å². The van der Waals surface area contributed by atoms with Crippen molar-refractivity contribution >= 4 is 11.9 Å². The number of carbonyl (C=O) groups is 2. The van der Waals surface area contributed by atoms with Crippen LogP contribution in [0, 0.1) is 0 Å². The molecule has 0 heterocycles. The number of rotatable bonds is 7. The first-order valence-electron chi connectivity index (χ1n) is 8.58. The molecule has 1 unspecified atom stereocenters. The van der Waals surface area contributed by atoms with Crippen molar-refractivity contribution in [3.05, 3.63) is 59.7 Å². The zero-order valence-corrected chi connectivity index (χ0v) is 14.3. The number of hydrogen-bond acceptors (Lipinski definition) is 5. The topological polar surface area (TPSA) is 116 Å². The van der Waals surface area contributed by atoms with E-state index < -0.39 is 24.0 Å². The van der Waals surface area contributed by atoms with Gasteiger partial charge in [-0.05, 0) is 35.1 Å². The van der Waals surface area contributed by atoms with Crippen LogP contribution in [0.2, 0.25) is 0 Å². The molecule has 0 aromatic heterocycles. The number of benzene rings is 2. The molecule has 0 saturated carbocycles. The molecule has 0 fully saturated rings. The molecule has 2 aromatic rings. The van der Waals surface area contributed by atoms with E-state index in [1.54, 1.807) is 0 Å². The van der Waals surface area contributed by atoms with Gasteiger partial charge in [-0.15, -0.1) is 0 Å². The smallest absolute Gasteiger partial charge is 0.322 e. The largest absolute Gasteiger partial charge is 0.480 e. The highest BCUT2D eigenvalue weighted by molar-refractivity contribution is 5.80. The lowest BCUT2D eigenvalue weighted by Crippen LogP contribution is -2.37. The molecule has 3 rings (SSSR count). The fraction of sp³-hybridized carbons (Fsp3) is 0.300. The van der Waals surface area contributed by atoms with E-state index in [1.165, 1.54) is 0 Å². The van der Waals surface area contributed by atoms with Gasteiger partial charge < -0.3 is 21.3 Å². The van der Waals surface area contributed by atoms with Crippen LogP contribution in [0.5, 0.6) is 0 Å². The lowest BCUT2D eigenvalue weighted by atomic mass is 9.98. The average molecular weight is 354 g/mol. The van der Waals surface area contributed by atoms with Crippen LogP contribution in [0.4, 0.5) is 0 Å². The monoisotopic (exact) mass is 354 g/mol. The van der Waals surface area contributed by atoms with Crippen LogP contribution in [-0.4, -0.2) is 35.7 Å². The fourth-order valence-corrected chi connectivity index (χ4v) is 3.31. The Morgan fingerprint density at radius 2 is 1.42 bits per heavy atom. The maximum absolute atomic E-state index is 12.2. The molecule has 0 radical (unpaired) electrons. The molecule has 1 aliphatic rings. The van der Waals surface area contributed by atoms with Crippen molar-refractivity contribution in [2.45, 2.75) is 30.8 Å². The van der Waals surface area contributed by atoms with E-state index in [4.69, 9.17) is 21.3 Å². The van der Waals surface area contributed by atoms with E-state index in [9.17, 15) is 9.59 Å². The Morgan fingerprint density at radius 3 is 1.96 bits per heavy atom. The second-order valence-corrected chi connectivity index (χ2v) is 6.49. The molecule has 1 aliphatic carbocycles. The molecule has 136 valence electrons. The van der Waals surface area contributed by atoms with Gasteiger partial charge in [-0.2, -0.15) is 0 Å². The maximum Gasteiger partial charge on any atom is 0.322 e. The summed E-state index contributed by atoms with van der Waals surface area (Å²) in [5.74, 6) is -1.67. The summed E-state index contributed by atoms with van der Waals surface area (Å²) in [7, 11) is 0. The third-order valence-corrected chi connectivity index (χ3v) is 4.76. The van der Waals surface area contributed by atoms with Gasteiger partial charge in [0.05, 0.1) is 0 Å². The summed E-state index contributed by atoms with van der Waals surface area (Å²) >= 11 is 0. The van der Waals surface area contributed by atoms with Crippen LogP contribution in [0.1, 0.15) is 29.9 Å². The van der Waals surface area contributed by atoms with Crippen molar-refractivity contribution in [2.24, 2.45) is 11.5 Å². The predicted molar refractivity (Wildman–Crippen MR) is 97.5 cm³/mol. The Kier molecular flexibility index (Phi) is 5.35. The van der Waals surface area contributed by atoms with E-state index >= 15 is 0 Å². The van der Waals surface area contributed by atoms with Crippen molar-refractivity contribution in [1.29, 1.82) is 0 Å². The first kappa shape index (κ1) is 18.1. The first-order chi connectivity index (χ1) is 12.5. The zero-order chi connectivity index (χ0) is 18.7. The minimum atomic E-state index is -1.11. The normalized spacial score (nSPS) is 15.0. The van der Waals surface area contributed by atoms with Crippen molar-refractivity contribution in [2.75, 3.05) is 6.61 Å². The molecule has 0 bridgehead atoms. The van der Waals surface area contributed by atoms with Crippen LogP contribution >= 0.6 is 0 Å². The number of fused-ring (bicyclic) bond motifs is 3. The van der Waals surface area contributed by atoms with Crippen molar-refractivity contribution in [3.8, 4) is 11.1 Å². The summed E-state index contributed by atoms with van der Waals surface area (Å²) in [5.41, 5.74) is 15.8. The summed E-state index contributed by atoms with van der Waals surface area (Å²) < 4.78 is 5.44. The zero-order valence-electron chi connectivity index (χ0n) is 14.3. The molecule has 0 spiro atoms. The van der Waals surface area contributed by atoms with Gasteiger partial charge in [-0.25, -0.2) is 0 Å². The van der Waals surface area contributed by atoms with E-state index in [0.29, 0.717) is 0 Å². The number of nitrogens with two attached hydrogens (primary N) is 2. The molecule has 26 heavy (non-hydrogen) atoms. The van der Waals surface area contributed by atoms with Crippen LogP contribution in [-0.2, 0) is 14.3 Å². The van der Waals surface area contributed by atoms with Crippen LogP contribution < -0.4 is 11.5 Å². The number of ether oxygens (including phenoxy) is 1. The van der Waals surface area contributed by atoms with Gasteiger partial charge in [-0.3, -0.25) is 9.59 Å². The third-order valence-electron chi connectivity index (χ3n) is 4.76. The van der Waals surface area contributed by atoms with Gasteiger partial charge in [-0.1, -0.05) is 48.5 Å². The van der Waals surface area contributed by atoms with Gasteiger partial charge >= 0.3 is 11.9 Å². The Labute approximate surface area is 151 Å². The van der Waals surface area contributed by atoms with Gasteiger partial charge in [0.2, 0.25) is 0 Å². The standard InChI is InChI=1S/C20H22N2O4/c21-17(19(23)24)9-10-18(22)20(25)26-11-16-14-7-3-1-5-12(14)13-6-2-4-8-15(13)16/h1-8,16-18H,9-11,21-22H2,(H,23,24)/t17-,18?/m0/s1. The number of esters is 1. The molecule has 5 N–H and O–H groups in total. The third kappa shape index (κ3) is 3.61. The highest BCUT2D eigenvalue weighted by Crippen LogP contribution is 2.44. The summed E-state index contributed by atoms with van der Waals surface area (Å²) in [5, 5.41) is 8.78. The molecule has 2 atom stereocenters. The molecule has 2 aromatic carbocycles. The Bertz CT molecular complexity index is 775. The molecular formula is C20H22N2O4. The lowest BCUT2D eigenvalue weighted by molar-refractivity contribution is -0.146. The Morgan fingerprint density at radius 1 is 0.923 bits per heavy atom. The highest BCUT2D eigenvalue weighted by Gasteiger charge is 2.29. The molecular weight excluding hydrogens is 332 g/mol. The van der Waals surface area contributed by atoms with Gasteiger partial charge in [0.25, 0.3) is 0 Å². The number of hydrogen-bond donors (Lipinski definition) is 3. The number of carbonyl (C=O) groups excluding carboxylic acids is 1. The molecule has 0 amide bonds. The number of carboxylic acid groups (broad SMARTS) is 1. The van der Waals surface area contributed by atoms with Crippen molar-refractivity contribution in [3.63, 3.8) is 0 Å². The second-order valence-electron chi connectivity index (χ2n) is 6.49. The highest BCUT2D eigenvalue weighted by atomic mass is 16.5. The minimum absolute atomic E-state index is 0.0279. The molecule has 0 aliphatic heterocycles. The summed E-state index contributed by atoms with van der Waals surface area (Å²) in [6, 6.07) is 14.2. The number of carboxylic acids is 1. The predicted octanol–water partition coefficient (Wildman–Crippen LogP) is 1.86. The van der Waals surface area contributed by atoms with Crippen LogP contribution in [0.15, 0.2) is 48.5 Å². The Hall–Kier alpha value is -2.70. The van der Waals surface area contributed by atoms with Crippen LogP contribution in [0.25, 0.3) is 11.1 Å². The van der Waals surface area contributed by atoms with E-state index in [1.807, 2.05) is 36.4 Å². The summed E-state index contributed by atoms with van der Waals surface area (Å²) in [4.78, 5) is 22.9. The summed E-state index contributed by atoms with van der Waals surface area (Å²) in [6.07, 6.45) is 0.296. The van der Waals surface area contributed by atoms with Crippen LogP contribution in [0.3, 0.4) is 0 Å². The lowest BCUT2D eigenvalue weighted by Gasteiger charge is -2.17. The van der Waals surface area contributed by atoms with Gasteiger partial charge in [0, 0.05) is 5.92 Å². The van der Waals surface area contributed by atoms with Gasteiger partial charge in [0.1, 0.15) is 18.7 Å².